The number of hydrogen-bond donors (Lipinski definition) is 2. The molecule has 0 spiro atoms. The zero-order valence-electron chi connectivity index (χ0n) is 12.1. The van der Waals surface area contributed by atoms with E-state index in [1.54, 1.807) is 0 Å². The number of non-ortho nitro benzene ring substituents is 1. The molecule has 0 heterocycles. The topological polar surface area (TPSA) is 119 Å². The second-order valence-electron chi connectivity index (χ2n) is 5.37. The minimum absolute atomic E-state index is 0.0960. The summed E-state index contributed by atoms with van der Waals surface area (Å²) in [5.74, 6) is 0.0960. The van der Waals surface area contributed by atoms with Crippen molar-refractivity contribution < 1.29 is 23.2 Å². The molecule has 0 radical (unpaired) electrons. The summed E-state index contributed by atoms with van der Waals surface area (Å²) in [7, 11) is -3.53. The third-order valence-electron chi connectivity index (χ3n) is 3.36. The van der Waals surface area contributed by atoms with E-state index in [-0.39, 0.29) is 23.2 Å². The lowest BCUT2D eigenvalue weighted by atomic mass is 9.95. The number of benzene rings is 1. The predicted octanol–water partition coefficient (Wildman–Crippen LogP) is 1.65. The molecule has 22 heavy (non-hydrogen) atoms. The normalized spacial score (nSPS) is 22.1. The average Bonchev–Trinajstić information content (AvgIpc) is 2.39. The number of nitro groups is 1. The van der Waals surface area contributed by atoms with Crippen LogP contribution < -0.4 is 9.46 Å². The van der Waals surface area contributed by atoms with Gasteiger partial charge in [0.15, 0.2) is 5.75 Å². The molecular weight excluding hydrogens is 312 g/mol. The van der Waals surface area contributed by atoms with Gasteiger partial charge in [0.1, 0.15) is 6.10 Å². The summed E-state index contributed by atoms with van der Waals surface area (Å²) in [5, 5.41) is 20.5. The highest BCUT2D eigenvalue weighted by atomic mass is 32.2. The maximum atomic E-state index is 11.4. The van der Waals surface area contributed by atoms with E-state index >= 15 is 0 Å². The molecule has 0 aromatic heterocycles. The smallest absolute Gasteiger partial charge is 0.273 e. The van der Waals surface area contributed by atoms with Crippen LogP contribution in [-0.4, -0.2) is 36.9 Å². The van der Waals surface area contributed by atoms with Gasteiger partial charge in [0.2, 0.25) is 10.0 Å². The first-order valence-corrected chi connectivity index (χ1v) is 8.74. The Bertz CT molecular complexity index is 660. The number of anilines is 1. The molecule has 2 rings (SSSR count). The second kappa shape index (κ2) is 6.49. The van der Waals surface area contributed by atoms with Crippen molar-refractivity contribution in [2.75, 3.05) is 11.0 Å². The zero-order chi connectivity index (χ0) is 16.3. The molecule has 9 heteroatoms. The van der Waals surface area contributed by atoms with Crippen LogP contribution in [0, 0.1) is 10.1 Å². The van der Waals surface area contributed by atoms with Gasteiger partial charge >= 0.3 is 0 Å². The number of nitro benzene ring substituents is 1. The van der Waals surface area contributed by atoms with Crippen LogP contribution in [0.2, 0.25) is 0 Å². The van der Waals surface area contributed by atoms with Crippen LogP contribution in [0.15, 0.2) is 18.2 Å². The Kier molecular flexibility index (Phi) is 4.87. The maximum absolute atomic E-state index is 11.4. The van der Waals surface area contributed by atoms with Gasteiger partial charge < -0.3 is 9.84 Å². The molecule has 1 fully saturated rings. The van der Waals surface area contributed by atoms with E-state index in [0.29, 0.717) is 19.3 Å². The Balaban J connectivity index is 2.28. The SMILES string of the molecule is CS(=O)(=O)Nc1ccc([N+](=O)[O-])cc1OC1CCCC(O)C1. The lowest BCUT2D eigenvalue weighted by Crippen LogP contribution is -2.28. The lowest BCUT2D eigenvalue weighted by Gasteiger charge is -2.27. The Morgan fingerprint density at radius 2 is 2.14 bits per heavy atom. The summed E-state index contributed by atoms with van der Waals surface area (Å²) in [6, 6.07) is 3.69. The standard InChI is InChI=1S/C13H18N2O6S/c1-22(19,20)14-12-6-5-9(15(17)18)7-13(12)21-11-4-2-3-10(16)8-11/h5-7,10-11,14,16H,2-4,8H2,1H3. The molecule has 2 unspecified atom stereocenters. The molecule has 0 amide bonds. The summed E-state index contributed by atoms with van der Waals surface area (Å²) in [6.45, 7) is 0. The Labute approximate surface area is 128 Å². The van der Waals surface area contributed by atoms with E-state index in [0.717, 1.165) is 12.7 Å². The van der Waals surface area contributed by atoms with Crippen LogP contribution in [-0.2, 0) is 10.0 Å². The molecule has 2 N–H and O–H groups in total. The van der Waals surface area contributed by atoms with Crippen LogP contribution in [0.4, 0.5) is 11.4 Å². The lowest BCUT2D eigenvalue weighted by molar-refractivity contribution is -0.384. The van der Waals surface area contributed by atoms with Gasteiger partial charge in [-0.15, -0.1) is 0 Å². The van der Waals surface area contributed by atoms with E-state index < -0.39 is 21.1 Å². The highest BCUT2D eigenvalue weighted by Gasteiger charge is 2.24. The third-order valence-corrected chi connectivity index (χ3v) is 3.95. The zero-order valence-corrected chi connectivity index (χ0v) is 12.9. The van der Waals surface area contributed by atoms with Gasteiger partial charge in [-0.3, -0.25) is 14.8 Å². The monoisotopic (exact) mass is 330 g/mol. The van der Waals surface area contributed by atoms with Crippen molar-refractivity contribution in [1.82, 2.24) is 0 Å². The van der Waals surface area contributed by atoms with Crippen molar-refractivity contribution in [3.05, 3.63) is 28.3 Å². The van der Waals surface area contributed by atoms with Crippen LogP contribution >= 0.6 is 0 Å². The molecule has 1 aromatic rings. The summed E-state index contributed by atoms with van der Waals surface area (Å²) >= 11 is 0. The third kappa shape index (κ3) is 4.57. The van der Waals surface area contributed by atoms with E-state index in [9.17, 15) is 23.6 Å². The maximum Gasteiger partial charge on any atom is 0.273 e. The first-order chi connectivity index (χ1) is 10.2. The number of nitrogens with zero attached hydrogens (tertiary/aromatic N) is 1. The molecule has 1 aliphatic rings. The molecule has 122 valence electrons. The summed E-state index contributed by atoms with van der Waals surface area (Å²) in [5.41, 5.74) is -0.0430. The van der Waals surface area contributed by atoms with E-state index in [1.807, 2.05) is 0 Å². The summed E-state index contributed by atoms with van der Waals surface area (Å²) < 4.78 is 30.7. The Hall–Kier alpha value is -1.87. The van der Waals surface area contributed by atoms with Crippen LogP contribution in [0.3, 0.4) is 0 Å². The van der Waals surface area contributed by atoms with Crippen molar-refractivity contribution in [1.29, 1.82) is 0 Å². The summed E-state index contributed by atoms with van der Waals surface area (Å²) in [4.78, 5) is 10.3. The number of aliphatic hydroxyl groups excluding tert-OH is 1. The first-order valence-electron chi connectivity index (χ1n) is 6.85. The van der Waals surface area contributed by atoms with Gasteiger partial charge in [-0.05, 0) is 25.3 Å². The van der Waals surface area contributed by atoms with Gasteiger partial charge in [-0.1, -0.05) is 0 Å². The van der Waals surface area contributed by atoms with Crippen molar-refractivity contribution in [2.24, 2.45) is 0 Å². The van der Waals surface area contributed by atoms with Gasteiger partial charge in [-0.25, -0.2) is 8.42 Å². The Morgan fingerprint density at radius 3 is 2.73 bits per heavy atom. The van der Waals surface area contributed by atoms with Gasteiger partial charge in [-0.2, -0.15) is 0 Å². The van der Waals surface area contributed by atoms with E-state index in [1.165, 1.54) is 18.2 Å². The Morgan fingerprint density at radius 1 is 1.41 bits per heavy atom. The van der Waals surface area contributed by atoms with Gasteiger partial charge in [0, 0.05) is 12.5 Å². The highest BCUT2D eigenvalue weighted by Crippen LogP contribution is 2.33. The minimum Gasteiger partial charge on any atom is -0.488 e. The second-order valence-corrected chi connectivity index (χ2v) is 7.12. The number of ether oxygens (including phenoxy) is 1. The number of sulfonamides is 1. The average molecular weight is 330 g/mol. The number of rotatable bonds is 5. The quantitative estimate of drug-likeness (QED) is 0.626. The van der Waals surface area contributed by atoms with E-state index in [4.69, 9.17) is 4.74 Å². The van der Waals surface area contributed by atoms with Crippen LogP contribution in [0.5, 0.6) is 5.75 Å². The van der Waals surface area contributed by atoms with Gasteiger partial charge in [0.05, 0.1) is 29.0 Å². The molecule has 2 atom stereocenters. The van der Waals surface area contributed by atoms with Gasteiger partial charge in [0.25, 0.3) is 5.69 Å². The minimum atomic E-state index is -3.53. The fourth-order valence-electron chi connectivity index (χ4n) is 2.41. The first kappa shape index (κ1) is 16.5. The largest absolute Gasteiger partial charge is 0.488 e. The molecule has 1 aromatic carbocycles. The molecule has 0 bridgehead atoms. The fourth-order valence-corrected chi connectivity index (χ4v) is 2.98. The van der Waals surface area contributed by atoms with Crippen molar-refractivity contribution >= 4 is 21.4 Å². The fraction of sp³-hybridized carbons (Fsp3) is 0.538. The molecular formula is C13H18N2O6S. The van der Waals surface area contributed by atoms with E-state index in [2.05, 4.69) is 4.72 Å². The number of nitrogens with one attached hydrogen (secondary N) is 1. The van der Waals surface area contributed by atoms with Crippen molar-refractivity contribution in [3.8, 4) is 5.75 Å². The molecule has 1 saturated carbocycles. The number of aliphatic hydroxyl groups is 1. The van der Waals surface area contributed by atoms with Crippen LogP contribution in [0.25, 0.3) is 0 Å². The van der Waals surface area contributed by atoms with Crippen molar-refractivity contribution in [3.63, 3.8) is 0 Å². The highest BCUT2D eigenvalue weighted by molar-refractivity contribution is 7.92. The molecule has 0 saturated heterocycles. The molecule has 1 aliphatic carbocycles. The molecule has 0 aliphatic heterocycles. The van der Waals surface area contributed by atoms with Crippen molar-refractivity contribution in [2.45, 2.75) is 37.9 Å². The predicted molar refractivity (Wildman–Crippen MR) is 80.5 cm³/mol. The van der Waals surface area contributed by atoms with Crippen LogP contribution in [0.1, 0.15) is 25.7 Å². The molecule has 8 nitrogen and oxygen atoms in total. The number of hydrogen-bond acceptors (Lipinski definition) is 6. The summed E-state index contributed by atoms with van der Waals surface area (Å²) in [6.07, 6.45) is 2.83.